The third-order valence-electron chi connectivity index (χ3n) is 7.62. The summed E-state index contributed by atoms with van der Waals surface area (Å²) in [6.45, 7) is 2.54. The van der Waals surface area contributed by atoms with Gasteiger partial charge in [0.15, 0.2) is 11.5 Å². The standard InChI is InChI=1S/C32H32FN9/c1-42(2)9-8-35-24-11-20(10-23(33)14-24)26-4-3-5-28-29(26)39-32(38-28)30-27-13-22(17-37-31(27)41-40-30)21-12-25(18-34-16-21)36-15-19-6-7-19/h3-5,10-14,16-19,35-36H,6-9,15H2,1-2H3,(H,38,39)(H,37,40,41). The number of hydrogen-bond donors (Lipinski definition) is 4. The van der Waals surface area contributed by atoms with Crippen LogP contribution in [0.2, 0.25) is 0 Å². The van der Waals surface area contributed by atoms with Crippen LogP contribution in [0, 0.1) is 11.7 Å². The summed E-state index contributed by atoms with van der Waals surface area (Å²) in [6.07, 6.45) is 8.12. The normalized spacial score (nSPS) is 13.3. The zero-order chi connectivity index (χ0) is 28.6. The van der Waals surface area contributed by atoms with Crippen molar-refractivity contribution in [2.45, 2.75) is 12.8 Å². The molecule has 0 saturated heterocycles. The fourth-order valence-electron chi connectivity index (χ4n) is 5.17. The second kappa shape index (κ2) is 10.9. The molecular formula is C32H32FN9. The Balaban J connectivity index is 1.22. The molecule has 10 heteroatoms. The Morgan fingerprint density at radius 3 is 2.67 bits per heavy atom. The molecule has 0 spiro atoms. The Kier molecular flexibility index (Phi) is 6.75. The van der Waals surface area contributed by atoms with E-state index in [1.54, 1.807) is 6.07 Å². The molecular weight excluding hydrogens is 529 g/mol. The van der Waals surface area contributed by atoms with Crippen LogP contribution < -0.4 is 10.6 Å². The molecule has 6 aromatic rings. The van der Waals surface area contributed by atoms with E-state index in [4.69, 9.17) is 4.98 Å². The van der Waals surface area contributed by atoms with Crippen molar-refractivity contribution in [2.75, 3.05) is 44.4 Å². The van der Waals surface area contributed by atoms with Crippen molar-refractivity contribution in [1.82, 2.24) is 35.0 Å². The van der Waals surface area contributed by atoms with Gasteiger partial charge in [-0.25, -0.2) is 14.4 Å². The van der Waals surface area contributed by atoms with Gasteiger partial charge in [-0.15, -0.1) is 0 Å². The molecule has 0 aliphatic heterocycles. The smallest absolute Gasteiger partial charge is 0.181 e. The number of hydrogen-bond acceptors (Lipinski definition) is 7. The Morgan fingerprint density at radius 2 is 1.81 bits per heavy atom. The maximum atomic E-state index is 14.7. The van der Waals surface area contributed by atoms with E-state index in [2.05, 4.69) is 52.8 Å². The largest absolute Gasteiger partial charge is 0.384 e. The molecule has 4 aromatic heterocycles. The minimum Gasteiger partial charge on any atom is -0.384 e. The first-order valence-electron chi connectivity index (χ1n) is 14.2. The van der Waals surface area contributed by atoms with E-state index in [0.29, 0.717) is 18.0 Å². The van der Waals surface area contributed by atoms with E-state index in [9.17, 15) is 4.39 Å². The number of fused-ring (bicyclic) bond motifs is 2. The molecule has 0 unspecified atom stereocenters. The molecule has 2 aromatic carbocycles. The number of benzene rings is 2. The first-order chi connectivity index (χ1) is 20.5. The van der Waals surface area contributed by atoms with Crippen LogP contribution in [0.3, 0.4) is 0 Å². The minimum absolute atomic E-state index is 0.299. The third kappa shape index (κ3) is 5.40. The van der Waals surface area contributed by atoms with Crippen molar-refractivity contribution < 1.29 is 4.39 Å². The highest BCUT2D eigenvalue weighted by Gasteiger charge is 2.21. The molecule has 9 nitrogen and oxygen atoms in total. The first kappa shape index (κ1) is 26.1. The van der Waals surface area contributed by atoms with Crippen molar-refractivity contribution in [3.05, 3.63) is 72.9 Å². The van der Waals surface area contributed by atoms with Gasteiger partial charge in [-0.05, 0) is 74.8 Å². The van der Waals surface area contributed by atoms with Crippen molar-refractivity contribution in [2.24, 2.45) is 5.92 Å². The van der Waals surface area contributed by atoms with Gasteiger partial charge in [0.2, 0.25) is 0 Å². The van der Waals surface area contributed by atoms with Crippen molar-refractivity contribution >= 4 is 33.4 Å². The number of imidazole rings is 1. The molecule has 4 heterocycles. The molecule has 42 heavy (non-hydrogen) atoms. The van der Waals surface area contributed by atoms with Crippen LogP contribution in [-0.2, 0) is 0 Å². The number of halogens is 1. The average Bonchev–Trinajstić information content (AvgIpc) is 3.56. The molecule has 1 saturated carbocycles. The van der Waals surface area contributed by atoms with E-state index in [-0.39, 0.29) is 5.82 Å². The van der Waals surface area contributed by atoms with E-state index in [1.807, 2.05) is 57.0 Å². The quantitative estimate of drug-likeness (QED) is 0.158. The fourth-order valence-corrected chi connectivity index (χ4v) is 5.17. The summed E-state index contributed by atoms with van der Waals surface area (Å²) in [7, 11) is 4.02. The van der Waals surface area contributed by atoms with Crippen LogP contribution in [-0.4, -0.2) is 68.8 Å². The van der Waals surface area contributed by atoms with Gasteiger partial charge in [-0.3, -0.25) is 10.1 Å². The predicted octanol–water partition coefficient (Wildman–Crippen LogP) is 6.16. The Labute approximate surface area is 242 Å². The summed E-state index contributed by atoms with van der Waals surface area (Å²) in [5.74, 6) is 1.11. The number of rotatable bonds is 10. The Bertz CT molecular complexity index is 1890. The number of anilines is 2. The van der Waals surface area contributed by atoms with Gasteiger partial charge >= 0.3 is 0 Å². The zero-order valence-corrected chi connectivity index (χ0v) is 23.6. The van der Waals surface area contributed by atoms with Gasteiger partial charge in [0, 0.05) is 60.6 Å². The lowest BCUT2D eigenvalue weighted by molar-refractivity contribution is 0.425. The van der Waals surface area contributed by atoms with Crippen LogP contribution >= 0.6 is 0 Å². The molecule has 0 bridgehead atoms. The maximum absolute atomic E-state index is 14.7. The van der Waals surface area contributed by atoms with E-state index < -0.39 is 0 Å². The summed E-state index contributed by atoms with van der Waals surface area (Å²) in [5.41, 5.74) is 8.20. The minimum atomic E-state index is -0.299. The topological polar surface area (TPSA) is 110 Å². The molecule has 1 aliphatic carbocycles. The third-order valence-corrected chi connectivity index (χ3v) is 7.62. The Morgan fingerprint density at radius 1 is 0.952 bits per heavy atom. The van der Waals surface area contributed by atoms with E-state index >= 15 is 0 Å². The van der Waals surface area contributed by atoms with E-state index in [0.717, 1.165) is 74.7 Å². The fraction of sp³-hybridized carbons (Fsp3) is 0.250. The number of H-pyrrole nitrogens is 2. The molecule has 1 fully saturated rings. The highest BCUT2D eigenvalue weighted by atomic mass is 19.1. The van der Waals surface area contributed by atoms with Crippen LogP contribution in [0.25, 0.3) is 55.8 Å². The SMILES string of the molecule is CN(C)CCNc1cc(F)cc(-c2cccc3[nH]c(-c4[nH]nc5ncc(-c6cncc(NCC7CC7)c6)cc45)nc23)c1. The van der Waals surface area contributed by atoms with Gasteiger partial charge < -0.3 is 20.5 Å². The molecule has 212 valence electrons. The van der Waals surface area contributed by atoms with Gasteiger partial charge in [-0.1, -0.05) is 12.1 Å². The van der Waals surface area contributed by atoms with Crippen molar-refractivity contribution in [1.29, 1.82) is 0 Å². The number of nitrogens with zero attached hydrogens (tertiary/aromatic N) is 5. The number of pyridine rings is 2. The molecule has 4 N–H and O–H groups in total. The molecule has 0 radical (unpaired) electrons. The second-order valence-corrected chi connectivity index (χ2v) is 11.2. The Hall–Kier alpha value is -4.83. The lowest BCUT2D eigenvalue weighted by Crippen LogP contribution is -2.20. The predicted molar refractivity (Wildman–Crippen MR) is 166 cm³/mol. The zero-order valence-electron chi connectivity index (χ0n) is 23.6. The van der Waals surface area contributed by atoms with Crippen LogP contribution in [0.1, 0.15) is 12.8 Å². The monoisotopic (exact) mass is 561 g/mol. The summed E-state index contributed by atoms with van der Waals surface area (Å²) in [5, 5.41) is 15.2. The lowest BCUT2D eigenvalue weighted by atomic mass is 10.0. The maximum Gasteiger partial charge on any atom is 0.181 e. The van der Waals surface area contributed by atoms with Crippen LogP contribution in [0.4, 0.5) is 15.8 Å². The van der Waals surface area contributed by atoms with Crippen molar-refractivity contribution in [3.8, 4) is 33.8 Å². The molecule has 0 atom stereocenters. The average molecular weight is 562 g/mol. The first-order valence-corrected chi connectivity index (χ1v) is 14.2. The number of aromatic amines is 2. The molecule has 7 rings (SSSR count). The number of nitrogens with one attached hydrogen (secondary N) is 4. The lowest BCUT2D eigenvalue weighted by Gasteiger charge is -2.13. The van der Waals surface area contributed by atoms with Crippen LogP contribution in [0.5, 0.6) is 0 Å². The summed E-state index contributed by atoms with van der Waals surface area (Å²) in [6, 6.07) is 15.1. The highest BCUT2D eigenvalue weighted by Crippen LogP contribution is 2.34. The number of para-hydroxylation sites is 1. The summed E-state index contributed by atoms with van der Waals surface area (Å²) < 4.78 is 14.7. The van der Waals surface area contributed by atoms with Crippen LogP contribution in [0.15, 0.2) is 67.1 Å². The number of likely N-dealkylation sites (N-methyl/N-ethyl adjacent to an activating group) is 1. The van der Waals surface area contributed by atoms with Gasteiger partial charge in [0.25, 0.3) is 0 Å². The van der Waals surface area contributed by atoms with Crippen molar-refractivity contribution in [3.63, 3.8) is 0 Å². The van der Waals surface area contributed by atoms with Gasteiger partial charge in [0.05, 0.1) is 22.1 Å². The highest BCUT2D eigenvalue weighted by molar-refractivity contribution is 5.97. The van der Waals surface area contributed by atoms with Gasteiger partial charge in [-0.2, -0.15) is 5.10 Å². The second-order valence-electron chi connectivity index (χ2n) is 11.2. The summed E-state index contributed by atoms with van der Waals surface area (Å²) in [4.78, 5) is 19.5. The molecule has 1 aliphatic rings. The number of aromatic nitrogens is 6. The molecule has 0 amide bonds. The van der Waals surface area contributed by atoms with Gasteiger partial charge in [0.1, 0.15) is 11.5 Å². The van der Waals surface area contributed by atoms with E-state index in [1.165, 1.54) is 18.9 Å². The summed E-state index contributed by atoms with van der Waals surface area (Å²) >= 11 is 0.